The average Bonchev–Trinajstić information content (AvgIpc) is 3.17. The molecule has 0 bridgehead atoms. The Kier molecular flexibility index (Phi) is 5.28. The predicted molar refractivity (Wildman–Crippen MR) is 117 cm³/mol. The van der Waals surface area contributed by atoms with Crippen molar-refractivity contribution in [1.82, 2.24) is 20.1 Å². The lowest BCUT2D eigenvalue weighted by molar-refractivity contribution is -0.136. The Bertz CT molecular complexity index is 907. The first-order valence-electron chi connectivity index (χ1n) is 10.7. The summed E-state index contributed by atoms with van der Waals surface area (Å²) in [5.41, 5.74) is 2.36. The summed E-state index contributed by atoms with van der Waals surface area (Å²) in [6, 6.07) is 8.96. The van der Waals surface area contributed by atoms with Crippen molar-refractivity contribution in [3.05, 3.63) is 36.0 Å². The molecule has 1 amide bonds. The maximum Gasteiger partial charge on any atom is 0.233 e. The van der Waals surface area contributed by atoms with Crippen molar-refractivity contribution in [2.24, 2.45) is 5.92 Å². The van der Waals surface area contributed by atoms with Crippen LogP contribution in [0.4, 0.5) is 0 Å². The molecule has 3 heterocycles. The fraction of sp³-hybridized carbons (Fsp3) is 0.545. The zero-order valence-corrected chi connectivity index (χ0v) is 17.4. The van der Waals surface area contributed by atoms with Gasteiger partial charge in [0.25, 0.3) is 0 Å². The van der Waals surface area contributed by atoms with Crippen molar-refractivity contribution in [1.29, 1.82) is 0 Å². The maximum absolute atomic E-state index is 13.4. The molecule has 1 saturated carbocycles. The molecule has 29 heavy (non-hydrogen) atoms. The van der Waals surface area contributed by atoms with Gasteiger partial charge in [-0.15, -0.1) is 0 Å². The normalized spacial score (nSPS) is 28.4. The summed E-state index contributed by atoms with van der Waals surface area (Å²) >= 11 is 5.58. The summed E-state index contributed by atoms with van der Waals surface area (Å²) in [4.78, 5) is 21.0. The van der Waals surface area contributed by atoms with E-state index in [9.17, 15) is 4.79 Å². The molecule has 0 radical (unpaired) electrons. The number of rotatable bonds is 4. The quantitative estimate of drug-likeness (QED) is 0.755. The zero-order chi connectivity index (χ0) is 19.8. The zero-order valence-electron chi connectivity index (χ0n) is 16.6. The van der Waals surface area contributed by atoms with Gasteiger partial charge in [-0.1, -0.05) is 18.2 Å². The number of thiocarbonyl (C=S) groups is 1. The molecule has 6 nitrogen and oxygen atoms in total. The minimum absolute atomic E-state index is 0.0197. The Balaban J connectivity index is 1.27. The van der Waals surface area contributed by atoms with Gasteiger partial charge in [-0.3, -0.25) is 14.6 Å². The molecule has 3 atom stereocenters. The van der Waals surface area contributed by atoms with Crippen LogP contribution in [0.5, 0.6) is 0 Å². The average molecular weight is 413 g/mol. The third-order valence-electron chi connectivity index (χ3n) is 6.80. The van der Waals surface area contributed by atoms with Crippen LogP contribution in [0.1, 0.15) is 24.8 Å². The number of ether oxygens (including phenoxy) is 1. The lowest BCUT2D eigenvalue weighted by Crippen LogP contribution is -2.63. The van der Waals surface area contributed by atoms with E-state index in [4.69, 9.17) is 17.0 Å². The highest BCUT2D eigenvalue weighted by Crippen LogP contribution is 2.33. The standard InChI is InChI=1S/C22H28N4O2S/c27-21-18-13-16(25-9-11-28-12-10-25)5-6-20(18)24-22(29)26(21)8-7-15-14-23-19-4-2-1-3-17(15)19/h1-4,14,16,18,20,23H,5-13H2,(H,24,29). The number of nitrogens with one attached hydrogen (secondary N) is 2. The number of morpholine rings is 1. The summed E-state index contributed by atoms with van der Waals surface area (Å²) in [5, 5.41) is 5.29. The first-order chi connectivity index (χ1) is 14.2. The van der Waals surface area contributed by atoms with E-state index in [-0.39, 0.29) is 17.9 Å². The van der Waals surface area contributed by atoms with E-state index in [2.05, 4.69) is 33.4 Å². The minimum Gasteiger partial charge on any atom is -0.379 e. The second kappa shape index (κ2) is 8.05. The molecule has 2 aliphatic heterocycles. The molecule has 7 heteroatoms. The van der Waals surface area contributed by atoms with Gasteiger partial charge in [0, 0.05) is 48.8 Å². The highest BCUT2D eigenvalue weighted by atomic mass is 32.1. The number of nitrogens with zero attached hydrogens (tertiary/aromatic N) is 2. The molecule has 1 aliphatic carbocycles. The number of H-pyrrole nitrogens is 1. The number of fused-ring (bicyclic) bond motifs is 2. The monoisotopic (exact) mass is 412 g/mol. The Hall–Kier alpha value is -1.96. The van der Waals surface area contributed by atoms with Crippen LogP contribution in [0.2, 0.25) is 0 Å². The van der Waals surface area contributed by atoms with Crippen molar-refractivity contribution in [2.45, 2.75) is 37.8 Å². The van der Waals surface area contributed by atoms with Gasteiger partial charge < -0.3 is 15.0 Å². The van der Waals surface area contributed by atoms with Crippen molar-refractivity contribution in [2.75, 3.05) is 32.8 Å². The molecule has 2 saturated heterocycles. The number of carbonyl (C=O) groups excluding carboxylic acids is 1. The number of hydrogen-bond acceptors (Lipinski definition) is 4. The number of aromatic amines is 1. The largest absolute Gasteiger partial charge is 0.379 e. The summed E-state index contributed by atoms with van der Waals surface area (Å²) < 4.78 is 5.50. The number of amides is 1. The molecule has 2 N–H and O–H groups in total. The number of benzene rings is 1. The minimum atomic E-state index is 0.0197. The van der Waals surface area contributed by atoms with Crippen molar-refractivity contribution < 1.29 is 9.53 Å². The van der Waals surface area contributed by atoms with E-state index < -0.39 is 0 Å². The molecule has 5 rings (SSSR count). The van der Waals surface area contributed by atoms with Gasteiger partial charge in [-0.05, 0) is 49.5 Å². The molecule has 0 spiro atoms. The highest BCUT2D eigenvalue weighted by molar-refractivity contribution is 7.80. The van der Waals surface area contributed by atoms with Gasteiger partial charge in [0.2, 0.25) is 5.91 Å². The SMILES string of the molecule is O=C1C2CC(N3CCOCC3)CCC2NC(=S)N1CCc1c[nH]c2ccccc12. The van der Waals surface area contributed by atoms with Gasteiger partial charge in [0.1, 0.15) is 0 Å². The molecule has 1 aromatic carbocycles. The Morgan fingerprint density at radius 2 is 2.00 bits per heavy atom. The summed E-state index contributed by atoms with van der Waals surface area (Å²) in [7, 11) is 0. The first kappa shape index (κ1) is 19.0. The molecule has 154 valence electrons. The molecule has 3 aliphatic rings. The van der Waals surface area contributed by atoms with Gasteiger partial charge in [-0.2, -0.15) is 0 Å². The fourth-order valence-corrected chi connectivity index (χ4v) is 5.52. The third kappa shape index (κ3) is 3.67. The van der Waals surface area contributed by atoms with Crippen LogP contribution in [0, 0.1) is 5.92 Å². The molecular formula is C22H28N4O2S. The molecule has 3 fully saturated rings. The molecule has 2 aromatic rings. The van der Waals surface area contributed by atoms with Crippen LogP contribution in [0.25, 0.3) is 10.9 Å². The topological polar surface area (TPSA) is 60.6 Å². The summed E-state index contributed by atoms with van der Waals surface area (Å²) in [6.07, 6.45) is 5.90. The van der Waals surface area contributed by atoms with Crippen LogP contribution in [-0.4, -0.2) is 70.7 Å². The number of aromatic nitrogens is 1. The third-order valence-corrected chi connectivity index (χ3v) is 7.14. The first-order valence-corrected chi connectivity index (χ1v) is 11.1. The van der Waals surface area contributed by atoms with E-state index in [1.54, 1.807) is 4.90 Å². The van der Waals surface area contributed by atoms with E-state index in [1.807, 2.05) is 12.3 Å². The van der Waals surface area contributed by atoms with Crippen molar-refractivity contribution in [3.8, 4) is 0 Å². The molecular weight excluding hydrogens is 384 g/mol. The fourth-order valence-electron chi connectivity index (χ4n) is 5.19. The summed E-state index contributed by atoms with van der Waals surface area (Å²) in [5.74, 6) is 0.225. The Morgan fingerprint density at radius 3 is 2.86 bits per heavy atom. The second-order valence-corrected chi connectivity index (χ2v) is 8.76. The smallest absolute Gasteiger partial charge is 0.233 e. The number of hydrogen-bond donors (Lipinski definition) is 2. The van der Waals surface area contributed by atoms with Crippen LogP contribution in [0.15, 0.2) is 30.5 Å². The van der Waals surface area contributed by atoms with E-state index >= 15 is 0 Å². The van der Waals surface area contributed by atoms with Gasteiger partial charge in [0.05, 0.1) is 19.1 Å². The van der Waals surface area contributed by atoms with Crippen LogP contribution < -0.4 is 5.32 Å². The Labute approximate surface area is 176 Å². The summed E-state index contributed by atoms with van der Waals surface area (Å²) in [6.45, 7) is 4.19. The maximum atomic E-state index is 13.4. The van der Waals surface area contributed by atoms with Crippen LogP contribution in [-0.2, 0) is 16.0 Å². The van der Waals surface area contributed by atoms with Crippen molar-refractivity contribution in [3.63, 3.8) is 0 Å². The van der Waals surface area contributed by atoms with Gasteiger partial charge in [0.15, 0.2) is 5.11 Å². The van der Waals surface area contributed by atoms with E-state index in [0.717, 1.165) is 57.5 Å². The second-order valence-electron chi connectivity index (χ2n) is 8.38. The van der Waals surface area contributed by atoms with Gasteiger partial charge in [-0.25, -0.2) is 0 Å². The van der Waals surface area contributed by atoms with E-state index in [0.29, 0.717) is 17.7 Å². The number of carbonyl (C=O) groups is 1. The van der Waals surface area contributed by atoms with Gasteiger partial charge >= 0.3 is 0 Å². The lowest BCUT2D eigenvalue weighted by atomic mass is 9.79. The van der Waals surface area contributed by atoms with Crippen molar-refractivity contribution >= 4 is 34.1 Å². The van der Waals surface area contributed by atoms with Crippen LogP contribution >= 0.6 is 12.2 Å². The molecule has 1 aromatic heterocycles. The van der Waals surface area contributed by atoms with E-state index in [1.165, 1.54) is 10.9 Å². The Morgan fingerprint density at radius 1 is 1.17 bits per heavy atom. The highest BCUT2D eigenvalue weighted by Gasteiger charge is 2.43. The molecule has 3 unspecified atom stereocenters. The lowest BCUT2D eigenvalue weighted by Gasteiger charge is -2.46. The number of para-hydroxylation sites is 1. The van der Waals surface area contributed by atoms with Crippen LogP contribution in [0.3, 0.4) is 0 Å². The predicted octanol–water partition coefficient (Wildman–Crippen LogP) is 2.30.